The molecule has 0 spiro atoms. The van der Waals surface area contributed by atoms with Gasteiger partial charge in [0.2, 0.25) is 5.91 Å². The van der Waals surface area contributed by atoms with Gasteiger partial charge in [0.25, 0.3) is 17.7 Å². The molecular weight excluding hydrogens is 884 g/mol. The number of benzene rings is 2. The summed E-state index contributed by atoms with van der Waals surface area (Å²) < 4.78 is 5.65. The topological polar surface area (TPSA) is 209 Å². The molecule has 7 rings (SSSR count). The number of ether oxygens (including phenoxy) is 1. The first-order valence-electron chi connectivity index (χ1n) is 20.0. The van der Waals surface area contributed by atoms with Crippen LogP contribution in [0.15, 0.2) is 71.3 Å². The monoisotopic (exact) mass is 928 g/mol. The van der Waals surface area contributed by atoms with E-state index in [1.54, 1.807) is 30.5 Å². The molecule has 0 atom stereocenters. The molecule has 1 saturated heterocycles. The number of anilines is 4. The lowest BCUT2D eigenvalue weighted by Crippen LogP contribution is -2.50. The van der Waals surface area contributed by atoms with Gasteiger partial charge in [0, 0.05) is 91.9 Å². The summed E-state index contributed by atoms with van der Waals surface area (Å²) in [6, 6.07) is 12.3. The smallest absolute Gasteiger partial charge is 0.267 e. The van der Waals surface area contributed by atoms with Crippen molar-refractivity contribution in [3.05, 3.63) is 104 Å². The highest BCUT2D eigenvalue weighted by Crippen LogP contribution is 2.29. The quantitative estimate of drug-likeness (QED) is 0.0488. The Balaban J connectivity index is 0.783. The fourth-order valence-electron chi connectivity index (χ4n) is 6.63. The third-order valence-electron chi connectivity index (χ3n) is 9.81. The molecule has 2 aromatic carbocycles. The maximum Gasteiger partial charge on any atom is 0.267 e. The van der Waals surface area contributed by atoms with Gasteiger partial charge in [0.1, 0.15) is 22.3 Å². The van der Waals surface area contributed by atoms with E-state index >= 15 is 0 Å². The van der Waals surface area contributed by atoms with Gasteiger partial charge in [-0.1, -0.05) is 35.1 Å². The Kier molecular flexibility index (Phi) is 15.5. The number of fused-ring (bicyclic) bond motifs is 1. The molecule has 0 aliphatic carbocycles. The van der Waals surface area contributed by atoms with Crippen LogP contribution in [0.25, 0.3) is 10.9 Å². The van der Waals surface area contributed by atoms with E-state index in [0.717, 1.165) is 16.4 Å². The zero-order chi connectivity index (χ0) is 44.3. The van der Waals surface area contributed by atoms with E-state index in [1.807, 2.05) is 37.4 Å². The van der Waals surface area contributed by atoms with Gasteiger partial charge in [-0.3, -0.25) is 29.1 Å². The Morgan fingerprint density at radius 3 is 2.40 bits per heavy atom. The van der Waals surface area contributed by atoms with Crippen LogP contribution >= 0.6 is 46.9 Å². The fraction of sp³-hybridized carbons (Fsp3) is 0.310. The van der Waals surface area contributed by atoms with Gasteiger partial charge in [0.15, 0.2) is 5.13 Å². The molecule has 21 heteroatoms. The van der Waals surface area contributed by atoms with Crippen LogP contribution in [-0.2, 0) is 16.0 Å². The van der Waals surface area contributed by atoms with Crippen LogP contribution in [0.3, 0.4) is 0 Å². The Hall–Kier alpha value is -5.77. The summed E-state index contributed by atoms with van der Waals surface area (Å²) in [7, 11) is 0. The first-order chi connectivity index (χ1) is 30.5. The van der Waals surface area contributed by atoms with Crippen molar-refractivity contribution in [3.63, 3.8) is 0 Å². The lowest BCUT2D eigenvalue weighted by atomic mass is 10.1. The van der Waals surface area contributed by atoms with Gasteiger partial charge in [-0.15, -0.1) is 24.0 Å². The average molecular weight is 930 g/mol. The summed E-state index contributed by atoms with van der Waals surface area (Å²) in [6.07, 6.45) is 5.37. The van der Waals surface area contributed by atoms with E-state index in [2.05, 4.69) is 73.9 Å². The van der Waals surface area contributed by atoms with Crippen molar-refractivity contribution in [2.45, 2.75) is 25.2 Å². The summed E-state index contributed by atoms with van der Waals surface area (Å²) in [5.74, 6) is 0.901. The molecule has 17 nitrogen and oxygen atoms in total. The Morgan fingerprint density at radius 1 is 0.857 bits per heavy atom. The average Bonchev–Trinajstić information content (AvgIpc) is 3.97. The number of halogens is 1. The minimum Gasteiger partial charge on any atom is -0.378 e. The normalized spacial score (nSPS) is 12.9. The molecule has 1 aliphatic heterocycles. The third kappa shape index (κ3) is 12.5. The molecule has 0 unspecified atom stereocenters. The fourth-order valence-corrected chi connectivity index (χ4v) is 8.57. The van der Waals surface area contributed by atoms with Crippen molar-refractivity contribution in [2.75, 3.05) is 81.1 Å². The molecular formula is C42H45ClN12O5S3. The first-order valence-corrected chi connectivity index (χ1v) is 22.6. The second-order valence-electron chi connectivity index (χ2n) is 14.4. The molecule has 328 valence electrons. The first kappa shape index (κ1) is 45.3. The highest BCUT2D eigenvalue weighted by molar-refractivity contribution is 7.80. The van der Waals surface area contributed by atoms with Gasteiger partial charge in [-0.2, -0.15) is 0 Å². The number of carbonyl (C=O) groups is 4. The molecule has 63 heavy (non-hydrogen) atoms. The standard InChI is InChI=1S/C42H45ClN12O5S3/c1-25-4-3-5-30(43)37(25)53-41(59)32-23-49-42(63-32)52-33-21-34(51-26(2)50-33)55-13-11-54(12-14-55)24-35(56)44-8-15-60-16-9-47-39(57)28-18-27-19-29(22-48-38(27)31(61)20-28)40(58)46-7-6-36-45-10-17-62-36/h3-5,10,17-23,61H,6-9,11-16,24H2,1-2H3,(H,44,56)(H,46,58)(H,47,57)(H,53,59)(H,49,50,51,52). The van der Waals surface area contributed by atoms with E-state index in [1.165, 1.54) is 35.1 Å². The van der Waals surface area contributed by atoms with Crippen molar-refractivity contribution in [1.82, 2.24) is 45.8 Å². The highest BCUT2D eigenvalue weighted by atomic mass is 35.5. The second-order valence-corrected chi connectivity index (χ2v) is 17.3. The summed E-state index contributed by atoms with van der Waals surface area (Å²) in [6.45, 7) is 8.18. The molecule has 0 radical (unpaired) electrons. The number of hydrogen-bond acceptors (Lipinski definition) is 16. The van der Waals surface area contributed by atoms with Crippen LogP contribution in [0.1, 0.15) is 46.8 Å². The zero-order valence-corrected chi connectivity index (χ0v) is 37.7. The molecule has 1 aliphatic rings. The molecule has 4 aromatic heterocycles. The number of nitrogens with zero attached hydrogens (tertiary/aromatic N) is 7. The Morgan fingerprint density at radius 2 is 1.62 bits per heavy atom. The summed E-state index contributed by atoms with van der Waals surface area (Å²) in [4.78, 5) is 78.7. The molecule has 0 bridgehead atoms. The number of aromatic nitrogens is 5. The molecule has 5 heterocycles. The minimum atomic E-state index is -0.313. The van der Waals surface area contributed by atoms with E-state index < -0.39 is 0 Å². The van der Waals surface area contributed by atoms with E-state index in [-0.39, 0.29) is 49.9 Å². The van der Waals surface area contributed by atoms with Gasteiger partial charge in [0.05, 0.1) is 52.8 Å². The van der Waals surface area contributed by atoms with Crippen molar-refractivity contribution < 1.29 is 23.9 Å². The number of thiazole rings is 2. The van der Waals surface area contributed by atoms with Crippen LogP contribution in [0.2, 0.25) is 5.02 Å². The van der Waals surface area contributed by atoms with Crippen LogP contribution < -0.4 is 31.5 Å². The van der Waals surface area contributed by atoms with Crippen LogP contribution in [0.5, 0.6) is 0 Å². The second kappa shape index (κ2) is 21.5. The van der Waals surface area contributed by atoms with Crippen molar-refractivity contribution in [2.24, 2.45) is 0 Å². The predicted molar refractivity (Wildman–Crippen MR) is 248 cm³/mol. The molecule has 5 N–H and O–H groups in total. The Bertz CT molecular complexity index is 2570. The summed E-state index contributed by atoms with van der Waals surface area (Å²) >= 11 is 13.5. The van der Waals surface area contributed by atoms with Crippen molar-refractivity contribution >= 4 is 104 Å². The predicted octanol–water partition coefficient (Wildman–Crippen LogP) is 5.15. The molecule has 6 aromatic rings. The largest absolute Gasteiger partial charge is 0.378 e. The van der Waals surface area contributed by atoms with Crippen LogP contribution in [0.4, 0.5) is 22.5 Å². The van der Waals surface area contributed by atoms with Crippen LogP contribution in [-0.4, -0.2) is 119 Å². The number of hydrogen-bond donors (Lipinski definition) is 6. The lowest BCUT2D eigenvalue weighted by Gasteiger charge is -2.35. The Labute approximate surface area is 381 Å². The number of aryl methyl sites for hydroxylation is 2. The summed E-state index contributed by atoms with van der Waals surface area (Å²) in [5.41, 5.74) is 2.77. The SMILES string of the molecule is Cc1nc(Nc2ncc(C(=O)Nc3c(C)cccc3Cl)s2)cc(N2CCN(CC(=O)NCCOCCNC(=O)c3cc(S)c4ncc(C(=O)NCCc5nccs5)cc4c3)CC2)n1. The number of piperazine rings is 1. The lowest BCUT2D eigenvalue weighted by molar-refractivity contribution is -0.122. The number of thiol groups is 1. The maximum absolute atomic E-state index is 13.0. The number of nitrogens with one attached hydrogen (secondary N) is 5. The van der Waals surface area contributed by atoms with Crippen molar-refractivity contribution in [1.29, 1.82) is 0 Å². The van der Waals surface area contributed by atoms with E-state index in [4.69, 9.17) is 16.3 Å². The van der Waals surface area contributed by atoms with E-state index in [9.17, 15) is 19.2 Å². The highest BCUT2D eigenvalue weighted by Gasteiger charge is 2.22. The van der Waals surface area contributed by atoms with Gasteiger partial charge >= 0.3 is 0 Å². The van der Waals surface area contributed by atoms with E-state index in [0.29, 0.717) is 105 Å². The zero-order valence-electron chi connectivity index (χ0n) is 34.4. The molecule has 1 fully saturated rings. The van der Waals surface area contributed by atoms with Crippen molar-refractivity contribution in [3.8, 4) is 0 Å². The number of amides is 4. The number of rotatable bonds is 18. The number of para-hydroxylation sites is 1. The van der Waals surface area contributed by atoms with Gasteiger partial charge < -0.3 is 36.2 Å². The number of pyridine rings is 1. The number of carbonyl (C=O) groups excluding carboxylic acids is 4. The van der Waals surface area contributed by atoms with Crippen LogP contribution in [0, 0.1) is 13.8 Å². The third-order valence-corrected chi connectivity index (χ3v) is 12.2. The minimum absolute atomic E-state index is 0.104. The molecule has 4 amide bonds. The maximum atomic E-state index is 13.0. The summed E-state index contributed by atoms with van der Waals surface area (Å²) in [5, 5.41) is 19.1. The van der Waals surface area contributed by atoms with Gasteiger partial charge in [-0.05, 0) is 43.7 Å². The molecule has 0 saturated carbocycles. The van der Waals surface area contributed by atoms with Gasteiger partial charge in [-0.25, -0.2) is 19.9 Å².